The summed E-state index contributed by atoms with van der Waals surface area (Å²) in [6, 6.07) is 0.546. The van der Waals surface area contributed by atoms with Crippen LogP contribution in [0.4, 0.5) is 0 Å². The SMILES string of the molecule is CCCCCNCC(C)N1CC(OC)C(OC)C1. The molecule has 0 saturated carbocycles. The van der Waals surface area contributed by atoms with Crippen LogP contribution in [0, 0.1) is 0 Å². The molecule has 1 aliphatic heterocycles. The fourth-order valence-corrected chi connectivity index (χ4v) is 2.52. The van der Waals surface area contributed by atoms with Gasteiger partial charge in [-0.3, -0.25) is 4.90 Å². The average Bonchev–Trinajstić information content (AvgIpc) is 2.81. The molecule has 1 heterocycles. The molecule has 0 spiro atoms. The smallest absolute Gasteiger partial charge is 0.0971 e. The van der Waals surface area contributed by atoms with Gasteiger partial charge in [-0.2, -0.15) is 0 Å². The second-order valence-electron chi connectivity index (χ2n) is 5.26. The Balaban J connectivity index is 2.20. The molecule has 0 bridgehead atoms. The number of hydrogen-bond donors (Lipinski definition) is 1. The van der Waals surface area contributed by atoms with Gasteiger partial charge in [0.1, 0.15) is 0 Å². The summed E-state index contributed by atoms with van der Waals surface area (Å²) >= 11 is 0. The highest BCUT2D eigenvalue weighted by Gasteiger charge is 2.34. The lowest BCUT2D eigenvalue weighted by Crippen LogP contribution is -2.40. The third-order valence-electron chi connectivity index (χ3n) is 3.87. The molecule has 1 N–H and O–H groups in total. The van der Waals surface area contributed by atoms with Gasteiger partial charge >= 0.3 is 0 Å². The molecule has 1 fully saturated rings. The Morgan fingerprint density at radius 2 is 1.78 bits per heavy atom. The Morgan fingerprint density at radius 1 is 1.17 bits per heavy atom. The zero-order chi connectivity index (χ0) is 13.4. The van der Waals surface area contributed by atoms with Crippen LogP contribution in [0.3, 0.4) is 0 Å². The Kier molecular flexibility index (Phi) is 7.82. The molecule has 4 heteroatoms. The normalized spacial score (nSPS) is 26.7. The standard InChI is InChI=1S/C14H30N2O2/c1-5-6-7-8-15-9-12(2)16-10-13(17-3)14(11-16)18-4/h12-15H,5-11H2,1-4H3. The van der Waals surface area contributed by atoms with E-state index in [1.165, 1.54) is 19.3 Å². The van der Waals surface area contributed by atoms with Crippen molar-refractivity contribution >= 4 is 0 Å². The van der Waals surface area contributed by atoms with Gasteiger partial charge in [-0.25, -0.2) is 0 Å². The van der Waals surface area contributed by atoms with E-state index in [2.05, 4.69) is 24.1 Å². The highest BCUT2D eigenvalue weighted by atomic mass is 16.5. The quantitative estimate of drug-likeness (QED) is 0.636. The summed E-state index contributed by atoms with van der Waals surface area (Å²) < 4.78 is 10.9. The summed E-state index contributed by atoms with van der Waals surface area (Å²) in [5.74, 6) is 0. The van der Waals surface area contributed by atoms with Gasteiger partial charge in [-0.15, -0.1) is 0 Å². The van der Waals surface area contributed by atoms with Gasteiger partial charge in [-0.05, 0) is 19.9 Å². The first-order valence-corrected chi connectivity index (χ1v) is 7.23. The molecule has 0 aromatic carbocycles. The van der Waals surface area contributed by atoms with E-state index in [1.54, 1.807) is 14.2 Å². The largest absolute Gasteiger partial charge is 0.377 e. The molecule has 0 amide bonds. The van der Waals surface area contributed by atoms with Crippen LogP contribution in [0.1, 0.15) is 33.1 Å². The highest BCUT2D eigenvalue weighted by molar-refractivity contribution is 4.88. The minimum absolute atomic E-state index is 0.220. The second-order valence-corrected chi connectivity index (χ2v) is 5.26. The minimum atomic E-state index is 0.220. The molecule has 108 valence electrons. The van der Waals surface area contributed by atoms with Gasteiger partial charge in [0.05, 0.1) is 12.2 Å². The Bertz CT molecular complexity index is 202. The van der Waals surface area contributed by atoms with E-state index in [0.717, 1.165) is 26.2 Å². The van der Waals surface area contributed by atoms with E-state index in [-0.39, 0.29) is 12.2 Å². The van der Waals surface area contributed by atoms with Crippen LogP contribution >= 0.6 is 0 Å². The molecule has 4 nitrogen and oxygen atoms in total. The lowest BCUT2D eigenvalue weighted by atomic mass is 10.2. The van der Waals surface area contributed by atoms with Crippen LogP contribution in [-0.2, 0) is 9.47 Å². The first-order valence-electron chi connectivity index (χ1n) is 7.23. The minimum Gasteiger partial charge on any atom is -0.377 e. The number of nitrogens with zero attached hydrogens (tertiary/aromatic N) is 1. The third-order valence-corrected chi connectivity index (χ3v) is 3.87. The van der Waals surface area contributed by atoms with Crippen molar-refractivity contribution in [2.45, 2.75) is 51.4 Å². The maximum atomic E-state index is 5.47. The molecule has 18 heavy (non-hydrogen) atoms. The first-order chi connectivity index (χ1) is 8.72. The van der Waals surface area contributed by atoms with E-state index >= 15 is 0 Å². The van der Waals surface area contributed by atoms with E-state index in [1.807, 2.05) is 0 Å². The number of methoxy groups -OCH3 is 2. The lowest BCUT2D eigenvalue weighted by Gasteiger charge is -2.24. The van der Waals surface area contributed by atoms with Gasteiger partial charge in [0, 0.05) is 39.9 Å². The molecule has 3 atom stereocenters. The summed E-state index contributed by atoms with van der Waals surface area (Å²) in [5.41, 5.74) is 0. The molecule has 1 rings (SSSR count). The average molecular weight is 258 g/mol. The van der Waals surface area contributed by atoms with Crippen molar-refractivity contribution < 1.29 is 9.47 Å². The van der Waals surface area contributed by atoms with Crippen molar-refractivity contribution in [1.82, 2.24) is 10.2 Å². The van der Waals surface area contributed by atoms with Crippen molar-refractivity contribution in [1.29, 1.82) is 0 Å². The predicted octanol–water partition coefficient (Wildman–Crippen LogP) is 1.50. The molecule has 0 aromatic heterocycles. The molecular formula is C14H30N2O2. The Morgan fingerprint density at radius 3 is 2.28 bits per heavy atom. The second kappa shape index (κ2) is 8.86. The van der Waals surface area contributed by atoms with Gasteiger partial charge in [0.25, 0.3) is 0 Å². The fraction of sp³-hybridized carbons (Fsp3) is 1.00. The zero-order valence-electron chi connectivity index (χ0n) is 12.4. The summed E-state index contributed by atoms with van der Waals surface area (Å²) in [7, 11) is 3.54. The van der Waals surface area contributed by atoms with Gasteiger partial charge in [0.2, 0.25) is 0 Å². The van der Waals surface area contributed by atoms with Crippen LogP contribution in [0.2, 0.25) is 0 Å². The number of ether oxygens (including phenoxy) is 2. The zero-order valence-corrected chi connectivity index (χ0v) is 12.4. The Labute approximate surface area is 112 Å². The number of rotatable bonds is 9. The topological polar surface area (TPSA) is 33.7 Å². The maximum absolute atomic E-state index is 5.47. The molecular weight excluding hydrogens is 228 g/mol. The molecule has 0 aliphatic carbocycles. The summed E-state index contributed by atoms with van der Waals surface area (Å²) in [6.45, 7) is 8.66. The number of hydrogen-bond acceptors (Lipinski definition) is 4. The molecule has 1 saturated heterocycles. The van der Waals surface area contributed by atoms with Crippen molar-refractivity contribution in [2.75, 3.05) is 40.4 Å². The predicted molar refractivity (Wildman–Crippen MR) is 75.0 cm³/mol. The fourth-order valence-electron chi connectivity index (χ4n) is 2.52. The van der Waals surface area contributed by atoms with Crippen LogP contribution in [0.15, 0.2) is 0 Å². The molecule has 0 aromatic rings. The van der Waals surface area contributed by atoms with E-state index in [0.29, 0.717) is 6.04 Å². The highest BCUT2D eigenvalue weighted by Crippen LogP contribution is 2.17. The van der Waals surface area contributed by atoms with Crippen LogP contribution < -0.4 is 5.32 Å². The monoisotopic (exact) mass is 258 g/mol. The number of unbranched alkanes of at least 4 members (excludes halogenated alkanes) is 2. The van der Waals surface area contributed by atoms with Crippen LogP contribution in [0.25, 0.3) is 0 Å². The molecule has 1 aliphatic rings. The van der Waals surface area contributed by atoms with Gasteiger partial charge in [-0.1, -0.05) is 19.8 Å². The van der Waals surface area contributed by atoms with E-state index in [9.17, 15) is 0 Å². The molecule has 0 radical (unpaired) electrons. The van der Waals surface area contributed by atoms with Crippen molar-refractivity contribution in [2.24, 2.45) is 0 Å². The number of likely N-dealkylation sites (tertiary alicyclic amines) is 1. The summed E-state index contributed by atoms with van der Waals surface area (Å²) in [4.78, 5) is 2.45. The van der Waals surface area contributed by atoms with Crippen LogP contribution in [0.5, 0.6) is 0 Å². The van der Waals surface area contributed by atoms with Crippen molar-refractivity contribution in [3.8, 4) is 0 Å². The van der Waals surface area contributed by atoms with Gasteiger partial charge < -0.3 is 14.8 Å². The van der Waals surface area contributed by atoms with Crippen molar-refractivity contribution in [3.05, 3.63) is 0 Å². The third kappa shape index (κ3) is 4.84. The lowest BCUT2D eigenvalue weighted by molar-refractivity contribution is -0.00461. The molecule has 3 unspecified atom stereocenters. The first kappa shape index (κ1) is 15.9. The van der Waals surface area contributed by atoms with E-state index < -0.39 is 0 Å². The van der Waals surface area contributed by atoms with Gasteiger partial charge in [0.15, 0.2) is 0 Å². The summed E-state index contributed by atoms with van der Waals surface area (Å²) in [6.07, 6.45) is 4.33. The van der Waals surface area contributed by atoms with Crippen molar-refractivity contribution in [3.63, 3.8) is 0 Å². The Hall–Kier alpha value is -0.160. The van der Waals surface area contributed by atoms with Crippen LogP contribution in [-0.4, -0.2) is 63.5 Å². The van der Waals surface area contributed by atoms with E-state index in [4.69, 9.17) is 9.47 Å². The number of nitrogens with one attached hydrogen (secondary N) is 1. The summed E-state index contributed by atoms with van der Waals surface area (Å²) in [5, 5.41) is 3.54. The maximum Gasteiger partial charge on any atom is 0.0971 e.